The van der Waals surface area contributed by atoms with Crippen molar-refractivity contribution in [2.24, 2.45) is 24.6 Å². The molecule has 0 radical (unpaired) electrons. The molecule has 47 heavy (non-hydrogen) atoms. The van der Waals surface area contributed by atoms with Gasteiger partial charge in [0.2, 0.25) is 0 Å². The standard InChI is InChI=1S/C36H37N7O4/c1-36(46)23-12-19(6-10-25(23)40-35(36)45)24-9-7-20-14-28(42(32(20)38-24)16-18-4-5-18)33-39-26-13-22(15-29(47-3)31(26)41(33)2)34(44)43-17-21-8-11-27(43)30(21)37/h6-7,9-10,12-15,18,21,27,30,46H,4-5,8,11,16-17,37H2,1-3H3,(H,40,45)/t21?,27?,30-,36?/m1/s1. The number of aliphatic hydroxyl groups is 1. The van der Waals surface area contributed by atoms with Crippen molar-refractivity contribution in [3.05, 3.63) is 59.7 Å². The maximum atomic E-state index is 13.8. The fourth-order valence-corrected chi connectivity index (χ4v) is 8.07. The average Bonchev–Trinajstić information content (AvgIpc) is 3.33. The zero-order chi connectivity index (χ0) is 32.4. The van der Waals surface area contributed by atoms with Gasteiger partial charge in [0.15, 0.2) is 11.4 Å². The fourth-order valence-electron chi connectivity index (χ4n) is 8.07. The third kappa shape index (κ3) is 4.19. The summed E-state index contributed by atoms with van der Waals surface area (Å²) < 4.78 is 10.2. The second kappa shape index (κ2) is 9.88. The number of hydrogen-bond acceptors (Lipinski definition) is 7. The Morgan fingerprint density at radius 3 is 2.66 bits per heavy atom. The molecule has 2 amide bonds. The van der Waals surface area contributed by atoms with Gasteiger partial charge in [0.25, 0.3) is 11.8 Å². The number of anilines is 1. The van der Waals surface area contributed by atoms with Crippen LogP contribution >= 0.6 is 0 Å². The summed E-state index contributed by atoms with van der Waals surface area (Å²) in [6, 6.07) is 15.6. The van der Waals surface area contributed by atoms with E-state index in [4.69, 9.17) is 20.4 Å². The minimum Gasteiger partial charge on any atom is -0.494 e. The van der Waals surface area contributed by atoms with Crippen molar-refractivity contribution >= 4 is 39.6 Å². The molecule has 4 aliphatic rings. The quantitative estimate of drug-likeness (QED) is 0.252. The minimum atomic E-state index is -1.60. The molecule has 3 aromatic heterocycles. The summed E-state index contributed by atoms with van der Waals surface area (Å²) in [5.74, 6) is 1.86. The van der Waals surface area contributed by atoms with E-state index >= 15 is 0 Å². The van der Waals surface area contributed by atoms with Crippen LogP contribution in [0, 0.1) is 11.8 Å². The van der Waals surface area contributed by atoms with E-state index in [9.17, 15) is 14.7 Å². The van der Waals surface area contributed by atoms with Gasteiger partial charge in [0, 0.05) is 60.0 Å². The Morgan fingerprint density at radius 1 is 1.11 bits per heavy atom. The summed E-state index contributed by atoms with van der Waals surface area (Å²) in [5, 5.41) is 14.6. The van der Waals surface area contributed by atoms with Gasteiger partial charge in [-0.15, -0.1) is 0 Å². The number of imidazole rings is 1. The van der Waals surface area contributed by atoms with Crippen molar-refractivity contribution in [2.75, 3.05) is 19.0 Å². The molecule has 0 spiro atoms. The fraction of sp³-hybridized carbons (Fsp3) is 0.389. The molecule has 2 saturated carbocycles. The van der Waals surface area contributed by atoms with Crippen LogP contribution in [-0.4, -0.2) is 66.7 Å². The maximum Gasteiger partial charge on any atom is 0.260 e. The topological polar surface area (TPSA) is 141 Å². The number of amides is 2. The zero-order valence-corrected chi connectivity index (χ0v) is 26.7. The number of piperidine rings is 1. The molecule has 2 aliphatic carbocycles. The number of aromatic nitrogens is 4. The van der Waals surface area contributed by atoms with Gasteiger partial charge < -0.3 is 34.9 Å². The maximum absolute atomic E-state index is 13.8. The van der Waals surface area contributed by atoms with E-state index in [1.54, 1.807) is 7.11 Å². The summed E-state index contributed by atoms with van der Waals surface area (Å²) in [6.45, 7) is 3.03. The first-order valence-corrected chi connectivity index (χ1v) is 16.4. The van der Waals surface area contributed by atoms with Crippen molar-refractivity contribution < 1.29 is 19.4 Å². The number of fused-ring (bicyclic) bond motifs is 5. The van der Waals surface area contributed by atoms with E-state index in [-0.39, 0.29) is 18.0 Å². The minimum absolute atomic E-state index is 0.0205. The predicted molar refractivity (Wildman–Crippen MR) is 178 cm³/mol. The first-order valence-electron chi connectivity index (χ1n) is 16.4. The average molecular weight is 632 g/mol. The molecule has 2 aliphatic heterocycles. The highest BCUT2D eigenvalue weighted by atomic mass is 16.5. The van der Waals surface area contributed by atoms with E-state index < -0.39 is 11.5 Å². The molecular weight excluding hydrogens is 594 g/mol. The van der Waals surface area contributed by atoms with Gasteiger partial charge in [-0.05, 0) is 86.9 Å². The summed E-state index contributed by atoms with van der Waals surface area (Å²) in [4.78, 5) is 38.3. The first kappa shape index (κ1) is 28.5. The number of ether oxygens (including phenoxy) is 1. The van der Waals surface area contributed by atoms with Crippen LogP contribution in [0.4, 0.5) is 5.69 Å². The van der Waals surface area contributed by atoms with Crippen molar-refractivity contribution in [3.63, 3.8) is 0 Å². The highest BCUT2D eigenvalue weighted by Crippen LogP contribution is 2.41. The largest absolute Gasteiger partial charge is 0.494 e. The highest BCUT2D eigenvalue weighted by Gasteiger charge is 2.47. The van der Waals surface area contributed by atoms with E-state index in [0.29, 0.717) is 46.5 Å². The molecule has 5 aromatic rings. The number of benzene rings is 2. The van der Waals surface area contributed by atoms with Gasteiger partial charge in [0.05, 0.1) is 24.0 Å². The lowest BCUT2D eigenvalue weighted by Gasteiger charge is -2.27. The molecular formula is C36H37N7O4. The van der Waals surface area contributed by atoms with Crippen LogP contribution in [0.1, 0.15) is 48.5 Å². The molecule has 3 unspecified atom stereocenters. The molecule has 4 N–H and O–H groups in total. The molecule has 9 rings (SSSR count). The molecule has 4 atom stereocenters. The predicted octanol–water partition coefficient (Wildman–Crippen LogP) is 4.40. The second-order valence-electron chi connectivity index (χ2n) is 14.0. The van der Waals surface area contributed by atoms with Gasteiger partial charge in [-0.2, -0.15) is 0 Å². The number of nitrogens with one attached hydrogen (secondary N) is 1. The highest BCUT2D eigenvalue weighted by molar-refractivity contribution is 6.05. The number of likely N-dealkylation sites (tertiary alicyclic amines) is 1. The van der Waals surface area contributed by atoms with Crippen molar-refractivity contribution in [1.82, 2.24) is 24.0 Å². The monoisotopic (exact) mass is 631 g/mol. The Balaban J connectivity index is 1.14. The lowest BCUT2D eigenvalue weighted by atomic mass is 9.95. The van der Waals surface area contributed by atoms with Crippen molar-refractivity contribution in [2.45, 2.75) is 56.8 Å². The molecule has 2 bridgehead atoms. The first-order chi connectivity index (χ1) is 22.6. The van der Waals surface area contributed by atoms with Crippen LogP contribution < -0.4 is 15.8 Å². The second-order valence-corrected chi connectivity index (χ2v) is 14.0. The Hall–Kier alpha value is -4.74. The summed E-state index contributed by atoms with van der Waals surface area (Å²) in [5.41, 5.74) is 11.4. The van der Waals surface area contributed by atoms with Crippen molar-refractivity contribution in [3.8, 4) is 28.5 Å². The van der Waals surface area contributed by atoms with Gasteiger partial charge in [0.1, 0.15) is 16.9 Å². The third-order valence-electron chi connectivity index (χ3n) is 11.0. The van der Waals surface area contributed by atoms with E-state index in [0.717, 1.165) is 58.7 Å². The zero-order valence-electron chi connectivity index (χ0n) is 26.7. The number of methoxy groups -OCH3 is 1. The van der Waals surface area contributed by atoms with Gasteiger partial charge >= 0.3 is 0 Å². The Morgan fingerprint density at radius 2 is 1.94 bits per heavy atom. The normalized spacial score (nSPS) is 24.8. The third-order valence-corrected chi connectivity index (χ3v) is 11.0. The molecule has 240 valence electrons. The molecule has 2 aromatic carbocycles. The van der Waals surface area contributed by atoms with Gasteiger partial charge in [-0.1, -0.05) is 6.07 Å². The van der Waals surface area contributed by atoms with E-state index in [1.165, 1.54) is 19.8 Å². The molecule has 11 heteroatoms. The number of rotatable bonds is 6. The van der Waals surface area contributed by atoms with Gasteiger partial charge in [-0.25, -0.2) is 9.97 Å². The SMILES string of the molecule is COc1cc(C(=O)N2CC3CCC2[C@@H]3N)cc2nc(-c3cc4ccc(-c5ccc6c(c5)C(C)(O)C(=O)N6)nc4n3CC3CC3)n(C)c12. The summed E-state index contributed by atoms with van der Waals surface area (Å²) in [7, 11) is 3.61. The molecule has 5 heterocycles. The summed E-state index contributed by atoms with van der Waals surface area (Å²) in [6.07, 6.45) is 4.38. The Labute approximate surface area is 271 Å². The Kier molecular flexibility index (Phi) is 5.99. The van der Waals surface area contributed by atoms with Crippen LogP contribution in [0.25, 0.3) is 44.8 Å². The van der Waals surface area contributed by atoms with Crippen LogP contribution in [0.5, 0.6) is 5.75 Å². The van der Waals surface area contributed by atoms with Crippen LogP contribution in [-0.2, 0) is 24.0 Å². The van der Waals surface area contributed by atoms with E-state index in [2.05, 4.69) is 22.0 Å². The van der Waals surface area contributed by atoms with Crippen LogP contribution in [0.3, 0.4) is 0 Å². The lowest BCUT2D eigenvalue weighted by molar-refractivity contribution is -0.131. The number of hydrogen-bond donors (Lipinski definition) is 3. The van der Waals surface area contributed by atoms with Crippen LogP contribution in [0.2, 0.25) is 0 Å². The number of carbonyl (C=O) groups excluding carboxylic acids is 2. The number of aryl methyl sites for hydroxylation is 1. The summed E-state index contributed by atoms with van der Waals surface area (Å²) >= 11 is 0. The molecule has 3 fully saturated rings. The number of nitrogens with two attached hydrogens (primary N) is 1. The smallest absolute Gasteiger partial charge is 0.260 e. The number of pyridine rings is 1. The Bertz CT molecular complexity index is 2160. The molecule has 11 nitrogen and oxygen atoms in total. The number of nitrogens with zero attached hydrogens (tertiary/aromatic N) is 5. The molecule has 1 saturated heterocycles. The van der Waals surface area contributed by atoms with Crippen LogP contribution in [0.15, 0.2) is 48.5 Å². The van der Waals surface area contributed by atoms with Gasteiger partial charge in [-0.3, -0.25) is 9.59 Å². The lowest BCUT2D eigenvalue weighted by Crippen LogP contribution is -2.41. The van der Waals surface area contributed by atoms with Crippen molar-refractivity contribution in [1.29, 1.82) is 0 Å². The number of carbonyl (C=O) groups is 2. The van der Waals surface area contributed by atoms with E-state index in [1.807, 2.05) is 52.9 Å².